The Kier molecular flexibility index (Phi) is 8.35. The van der Waals surface area contributed by atoms with Crippen LogP contribution in [0.3, 0.4) is 0 Å². The molecule has 0 aliphatic rings. The van der Waals surface area contributed by atoms with Crippen molar-refractivity contribution in [2.24, 2.45) is 0 Å². The highest BCUT2D eigenvalue weighted by Gasteiger charge is 2.34. The van der Waals surface area contributed by atoms with Crippen molar-refractivity contribution in [2.75, 3.05) is 0 Å². The van der Waals surface area contributed by atoms with Crippen molar-refractivity contribution < 1.29 is 0 Å². The van der Waals surface area contributed by atoms with Gasteiger partial charge in [-0.25, -0.2) is 0 Å². The molecule has 0 bridgehead atoms. The molecule has 0 atom stereocenters. The minimum absolute atomic E-state index is 0.0176. The van der Waals surface area contributed by atoms with E-state index in [4.69, 9.17) is 0 Å². The summed E-state index contributed by atoms with van der Waals surface area (Å²) in [5, 5.41) is 0.0351. The van der Waals surface area contributed by atoms with Gasteiger partial charge in [0, 0.05) is 10.3 Å². The summed E-state index contributed by atoms with van der Waals surface area (Å²) in [6.45, 7) is 23.6. The Morgan fingerprint density at radius 1 is 0.579 bits per heavy atom. The molecule has 0 saturated heterocycles. The SMILES string of the molecule is C=CCC(C=C)(CC=C)PC(C=C)(CC=C)CC=C. The lowest BCUT2D eigenvalue weighted by Crippen LogP contribution is -2.29. The van der Waals surface area contributed by atoms with E-state index in [1.54, 1.807) is 0 Å². The zero-order valence-corrected chi connectivity index (χ0v) is 13.0. The van der Waals surface area contributed by atoms with Crippen molar-refractivity contribution in [3.8, 4) is 0 Å². The molecule has 0 N–H and O–H groups in total. The first-order valence-electron chi connectivity index (χ1n) is 6.57. The van der Waals surface area contributed by atoms with Gasteiger partial charge in [-0.15, -0.1) is 39.5 Å². The summed E-state index contributed by atoms with van der Waals surface area (Å²) < 4.78 is 0. The number of hydrogen-bond acceptors (Lipinski definition) is 0. The molecule has 104 valence electrons. The van der Waals surface area contributed by atoms with Crippen molar-refractivity contribution in [3.63, 3.8) is 0 Å². The Morgan fingerprint density at radius 2 is 0.842 bits per heavy atom. The number of allylic oxidation sites excluding steroid dienone is 6. The molecule has 0 amide bonds. The van der Waals surface area contributed by atoms with Crippen LogP contribution in [0, 0.1) is 0 Å². The fraction of sp³-hybridized carbons (Fsp3) is 0.333. The van der Waals surface area contributed by atoms with E-state index in [0.29, 0.717) is 8.58 Å². The van der Waals surface area contributed by atoms with E-state index in [1.807, 2.05) is 24.3 Å². The minimum atomic E-state index is 0.0176. The second-order valence-electron chi connectivity index (χ2n) is 4.82. The summed E-state index contributed by atoms with van der Waals surface area (Å²) >= 11 is 0. The molecule has 0 heterocycles. The van der Waals surface area contributed by atoms with Crippen molar-refractivity contribution >= 4 is 8.58 Å². The molecule has 0 spiro atoms. The lowest BCUT2D eigenvalue weighted by molar-refractivity contribution is 0.669. The van der Waals surface area contributed by atoms with E-state index in [9.17, 15) is 0 Å². The third-order valence-corrected chi connectivity index (χ3v) is 5.53. The summed E-state index contributed by atoms with van der Waals surface area (Å²) in [5.41, 5.74) is 0. The Balaban J connectivity index is 5.42. The van der Waals surface area contributed by atoms with Crippen LogP contribution in [0.1, 0.15) is 25.7 Å². The lowest BCUT2D eigenvalue weighted by Gasteiger charge is -2.39. The second kappa shape index (κ2) is 8.88. The molecule has 0 aliphatic heterocycles. The molecule has 0 radical (unpaired) electrons. The standard InChI is InChI=1S/C18H27P/c1-7-13-17(11-5,14-8-2)19-18(12-6,15-9-3)16-10-4/h7-12,19H,1-6,13-16H2. The smallest absolute Gasteiger partial charge is 0.0130 e. The van der Waals surface area contributed by atoms with Gasteiger partial charge in [0.1, 0.15) is 0 Å². The molecule has 1 heteroatoms. The molecular formula is C18H27P. The Labute approximate surface area is 121 Å². The summed E-state index contributed by atoms with van der Waals surface area (Å²) in [6, 6.07) is 0. The molecule has 0 unspecified atom stereocenters. The van der Waals surface area contributed by atoms with Crippen LogP contribution in [0.25, 0.3) is 0 Å². The van der Waals surface area contributed by atoms with Gasteiger partial charge in [0.05, 0.1) is 0 Å². The van der Waals surface area contributed by atoms with Crippen LogP contribution in [0.15, 0.2) is 75.9 Å². The predicted octanol–water partition coefficient (Wildman–Crippen LogP) is 5.82. The molecular weight excluding hydrogens is 247 g/mol. The largest absolute Gasteiger partial charge is 0.103 e. The first-order valence-corrected chi connectivity index (χ1v) is 7.57. The Hall–Kier alpha value is -1.13. The fourth-order valence-corrected chi connectivity index (χ4v) is 4.51. The van der Waals surface area contributed by atoms with Crippen LogP contribution in [0.2, 0.25) is 0 Å². The van der Waals surface area contributed by atoms with E-state index in [2.05, 4.69) is 51.6 Å². The maximum atomic E-state index is 4.03. The van der Waals surface area contributed by atoms with Gasteiger partial charge in [-0.1, -0.05) is 45.0 Å². The van der Waals surface area contributed by atoms with E-state index >= 15 is 0 Å². The normalized spacial score (nSPS) is 11.4. The lowest BCUT2D eigenvalue weighted by atomic mass is 9.99. The number of hydrogen-bond donors (Lipinski definition) is 0. The monoisotopic (exact) mass is 274 g/mol. The van der Waals surface area contributed by atoms with Crippen LogP contribution in [0.4, 0.5) is 0 Å². The van der Waals surface area contributed by atoms with Crippen LogP contribution >= 0.6 is 8.58 Å². The minimum Gasteiger partial charge on any atom is -0.103 e. The first kappa shape index (κ1) is 17.9. The summed E-state index contributed by atoms with van der Waals surface area (Å²) in [4.78, 5) is 0. The third-order valence-electron chi connectivity index (χ3n) is 3.31. The zero-order chi connectivity index (χ0) is 14.8. The molecule has 0 aromatic carbocycles. The highest BCUT2D eigenvalue weighted by atomic mass is 31.1. The van der Waals surface area contributed by atoms with E-state index in [-0.39, 0.29) is 10.3 Å². The first-order chi connectivity index (χ1) is 9.07. The highest BCUT2D eigenvalue weighted by molar-refractivity contribution is 7.42. The van der Waals surface area contributed by atoms with Crippen LogP contribution in [-0.2, 0) is 0 Å². The fourth-order valence-electron chi connectivity index (χ4n) is 2.33. The van der Waals surface area contributed by atoms with Crippen molar-refractivity contribution in [1.29, 1.82) is 0 Å². The average molecular weight is 274 g/mol. The average Bonchev–Trinajstić information content (AvgIpc) is 2.39. The van der Waals surface area contributed by atoms with Crippen molar-refractivity contribution in [3.05, 3.63) is 75.9 Å². The maximum Gasteiger partial charge on any atom is 0.0130 e. The molecule has 0 aromatic heterocycles. The topological polar surface area (TPSA) is 0 Å². The van der Waals surface area contributed by atoms with E-state index in [1.165, 1.54) is 0 Å². The van der Waals surface area contributed by atoms with Gasteiger partial charge in [0.25, 0.3) is 0 Å². The molecule has 0 aromatic rings. The molecule has 0 saturated carbocycles. The Bertz CT molecular complexity index is 295. The third kappa shape index (κ3) is 5.17. The van der Waals surface area contributed by atoms with Gasteiger partial charge in [0.15, 0.2) is 0 Å². The highest BCUT2D eigenvalue weighted by Crippen LogP contribution is 2.52. The zero-order valence-electron chi connectivity index (χ0n) is 12.0. The number of rotatable bonds is 12. The van der Waals surface area contributed by atoms with Crippen LogP contribution in [0.5, 0.6) is 0 Å². The summed E-state index contributed by atoms with van der Waals surface area (Å²) in [6.07, 6.45) is 15.6. The second-order valence-corrected chi connectivity index (χ2v) is 7.06. The van der Waals surface area contributed by atoms with E-state index in [0.717, 1.165) is 25.7 Å². The maximum absolute atomic E-state index is 4.03. The quantitative estimate of drug-likeness (QED) is 0.311. The molecule has 19 heavy (non-hydrogen) atoms. The van der Waals surface area contributed by atoms with Gasteiger partial charge < -0.3 is 0 Å². The van der Waals surface area contributed by atoms with Gasteiger partial charge in [-0.05, 0) is 25.7 Å². The van der Waals surface area contributed by atoms with Gasteiger partial charge in [-0.3, -0.25) is 0 Å². The van der Waals surface area contributed by atoms with Crippen LogP contribution < -0.4 is 0 Å². The van der Waals surface area contributed by atoms with Crippen LogP contribution in [-0.4, -0.2) is 10.3 Å². The Morgan fingerprint density at radius 3 is 1.00 bits per heavy atom. The van der Waals surface area contributed by atoms with Gasteiger partial charge in [0.2, 0.25) is 0 Å². The summed E-state index contributed by atoms with van der Waals surface area (Å²) in [5.74, 6) is 0. The van der Waals surface area contributed by atoms with Gasteiger partial charge >= 0.3 is 0 Å². The molecule has 0 aliphatic carbocycles. The molecule has 0 fully saturated rings. The molecule has 0 rings (SSSR count). The van der Waals surface area contributed by atoms with Crippen molar-refractivity contribution in [1.82, 2.24) is 0 Å². The van der Waals surface area contributed by atoms with Gasteiger partial charge in [-0.2, -0.15) is 0 Å². The summed E-state index contributed by atoms with van der Waals surface area (Å²) in [7, 11) is 0.661. The predicted molar refractivity (Wildman–Crippen MR) is 93.4 cm³/mol. The van der Waals surface area contributed by atoms with E-state index < -0.39 is 0 Å². The molecule has 0 nitrogen and oxygen atoms in total. The van der Waals surface area contributed by atoms with Crippen molar-refractivity contribution in [2.45, 2.75) is 36.0 Å².